The van der Waals surface area contributed by atoms with E-state index in [4.69, 9.17) is 14.9 Å². The predicted octanol–water partition coefficient (Wildman–Crippen LogP) is 2.29. The van der Waals surface area contributed by atoms with Crippen molar-refractivity contribution >= 4 is 5.95 Å². The molecule has 5 heteroatoms. The van der Waals surface area contributed by atoms with Gasteiger partial charge >= 0.3 is 0 Å². The Bertz CT molecular complexity index is 541. The molecule has 17 heavy (non-hydrogen) atoms. The lowest BCUT2D eigenvalue weighted by molar-refractivity contribution is 0.169. The molecule has 0 saturated carbocycles. The van der Waals surface area contributed by atoms with Crippen molar-refractivity contribution in [1.82, 2.24) is 9.97 Å². The fourth-order valence-corrected chi connectivity index (χ4v) is 1.78. The van der Waals surface area contributed by atoms with Crippen molar-refractivity contribution in [2.75, 3.05) is 5.73 Å². The van der Waals surface area contributed by atoms with Gasteiger partial charge in [0.05, 0.1) is 18.2 Å². The third-order valence-electron chi connectivity index (χ3n) is 2.56. The summed E-state index contributed by atoms with van der Waals surface area (Å²) in [6.45, 7) is 0. The Morgan fingerprint density at radius 2 is 2.29 bits per heavy atom. The average molecular weight is 229 g/mol. The summed E-state index contributed by atoms with van der Waals surface area (Å²) in [5.74, 6) is 0.899. The summed E-state index contributed by atoms with van der Waals surface area (Å²) < 4.78 is 10.7. The number of anilines is 1. The number of nitrogen functional groups attached to an aromatic ring is 1. The first-order valence-electron chi connectivity index (χ1n) is 5.32. The number of nitrogens with zero attached hydrogens (tertiary/aromatic N) is 2. The second-order valence-electron chi connectivity index (χ2n) is 3.75. The molecule has 0 radical (unpaired) electrons. The van der Waals surface area contributed by atoms with E-state index in [9.17, 15) is 0 Å². The second kappa shape index (κ2) is 3.93. The van der Waals surface area contributed by atoms with Crippen molar-refractivity contribution < 1.29 is 9.15 Å². The molecule has 2 N–H and O–H groups in total. The van der Waals surface area contributed by atoms with E-state index in [0.717, 1.165) is 12.1 Å². The highest BCUT2D eigenvalue weighted by Gasteiger charge is 2.18. The molecule has 0 bridgehead atoms. The molecular formula is C12H11N3O2. The first-order valence-corrected chi connectivity index (χ1v) is 5.32. The quantitative estimate of drug-likeness (QED) is 0.855. The molecule has 1 aliphatic rings. The number of ether oxygens (including phenoxy) is 1. The Balaban J connectivity index is 2.00. The zero-order valence-electron chi connectivity index (χ0n) is 9.04. The summed E-state index contributed by atoms with van der Waals surface area (Å²) in [7, 11) is 0. The van der Waals surface area contributed by atoms with E-state index < -0.39 is 0 Å². The van der Waals surface area contributed by atoms with Crippen LogP contribution in [0.1, 0.15) is 18.2 Å². The zero-order valence-corrected chi connectivity index (χ0v) is 9.04. The third-order valence-corrected chi connectivity index (χ3v) is 2.56. The van der Waals surface area contributed by atoms with Crippen molar-refractivity contribution in [2.45, 2.75) is 12.5 Å². The maximum atomic E-state index is 5.69. The molecule has 3 heterocycles. The second-order valence-corrected chi connectivity index (χ2v) is 3.75. The van der Waals surface area contributed by atoms with E-state index in [1.165, 1.54) is 0 Å². The van der Waals surface area contributed by atoms with Crippen LogP contribution in [-0.4, -0.2) is 9.97 Å². The molecule has 2 aromatic heterocycles. The minimum atomic E-state index is -0.0750. The summed E-state index contributed by atoms with van der Waals surface area (Å²) in [5, 5.41) is 0. The maximum Gasteiger partial charge on any atom is 0.221 e. The lowest BCUT2D eigenvalue weighted by atomic mass is 10.1. The monoisotopic (exact) mass is 229 g/mol. The predicted molar refractivity (Wildman–Crippen MR) is 61.7 cm³/mol. The van der Waals surface area contributed by atoms with Crippen LogP contribution in [0.3, 0.4) is 0 Å². The summed E-state index contributed by atoms with van der Waals surface area (Å²) in [4.78, 5) is 8.33. The Hall–Kier alpha value is -2.30. The van der Waals surface area contributed by atoms with Gasteiger partial charge in [0.25, 0.3) is 0 Å². The number of hydrogen-bond acceptors (Lipinski definition) is 5. The van der Waals surface area contributed by atoms with Crippen LogP contribution in [0.4, 0.5) is 5.95 Å². The topological polar surface area (TPSA) is 74.2 Å². The Morgan fingerprint density at radius 3 is 3.00 bits per heavy atom. The van der Waals surface area contributed by atoms with E-state index in [0.29, 0.717) is 11.5 Å². The van der Waals surface area contributed by atoms with Crippen molar-refractivity contribution in [3.05, 3.63) is 42.5 Å². The molecule has 2 aromatic rings. The average Bonchev–Trinajstić information content (AvgIpc) is 3.02. The fraction of sp³-hybridized carbons (Fsp3) is 0.167. The number of rotatable bonds is 2. The summed E-state index contributed by atoms with van der Waals surface area (Å²) in [6.07, 6.45) is 5.95. The van der Waals surface area contributed by atoms with Crippen molar-refractivity contribution in [3.8, 4) is 11.5 Å². The van der Waals surface area contributed by atoms with Gasteiger partial charge in [-0.3, -0.25) is 0 Å². The molecule has 0 spiro atoms. The largest absolute Gasteiger partial charge is 0.492 e. The van der Waals surface area contributed by atoms with Crippen LogP contribution >= 0.6 is 0 Å². The number of hydrogen-bond donors (Lipinski definition) is 1. The lowest BCUT2D eigenvalue weighted by Crippen LogP contribution is -2.05. The molecule has 0 saturated heterocycles. The SMILES string of the molecule is Nc1nc(-c2ccco2)cc(C2CC=CO2)n1. The smallest absolute Gasteiger partial charge is 0.221 e. The van der Waals surface area contributed by atoms with Crippen LogP contribution in [0, 0.1) is 0 Å². The number of nitrogens with two attached hydrogens (primary N) is 1. The van der Waals surface area contributed by atoms with Gasteiger partial charge in [0.2, 0.25) is 5.95 Å². The van der Waals surface area contributed by atoms with Crippen LogP contribution in [0.25, 0.3) is 11.5 Å². The molecule has 5 nitrogen and oxygen atoms in total. The highest BCUT2D eigenvalue weighted by atomic mass is 16.5. The van der Waals surface area contributed by atoms with Crippen LogP contribution in [0.5, 0.6) is 0 Å². The minimum Gasteiger partial charge on any atom is -0.492 e. The summed E-state index contributed by atoms with van der Waals surface area (Å²) in [5.41, 5.74) is 7.14. The molecule has 0 fully saturated rings. The third kappa shape index (κ3) is 1.87. The van der Waals surface area contributed by atoms with E-state index in [2.05, 4.69) is 9.97 Å². The maximum absolute atomic E-state index is 5.69. The van der Waals surface area contributed by atoms with Crippen LogP contribution in [0.15, 0.2) is 41.2 Å². The molecule has 0 amide bonds. The minimum absolute atomic E-state index is 0.0750. The van der Waals surface area contributed by atoms with Gasteiger partial charge in [-0.05, 0) is 24.3 Å². The lowest BCUT2D eigenvalue weighted by Gasteiger charge is -2.10. The van der Waals surface area contributed by atoms with Crippen LogP contribution < -0.4 is 5.73 Å². The van der Waals surface area contributed by atoms with E-state index in [-0.39, 0.29) is 12.1 Å². The molecule has 86 valence electrons. The summed E-state index contributed by atoms with van der Waals surface area (Å²) >= 11 is 0. The molecule has 1 atom stereocenters. The fourth-order valence-electron chi connectivity index (χ4n) is 1.78. The Labute approximate surface area is 97.9 Å². The van der Waals surface area contributed by atoms with E-state index in [1.807, 2.05) is 18.2 Å². The van der Waals surface area contributed by atoms with Gasteiger partial charge in [0.1, 0.15) is 11.8 Å². The molecule has 3 rings (SSSR count). The van der Waals surface area contributed by atoms with Gasteiger partial charge < -0.3 is 14.9 Å². The van der Waals surface area contributed by atoms with E-state index in [1.54, 1.807) is 18.6 Å². The standard InChI is InChI=1S/C12H11N3O2/c13-12-14-8(10-3-1-5-16-10)7-9(15-12)11-4-2-6-17-11/h1-3,5-7,11H,4H2,(H2,13,14,15). The summed E-state index contributed by atoms with van der Waals surface area (Å²) in [6, 6.07) is 5.48. The van der Waals surface area contributed by atoms with Gasteiger partial charge in [0.15, 0.2) is 5.76 Å². The Morgan fingerprint density at radius 1 is 1.35 bits per heavy atom. The number of aromatic nitrogens is 2. The number of furan rings is 1. The van der Waals surface area contributed by atoms with Crippen molar-refractivity contribution in [1.29, 1.82) is 0 Å². The normalized spacial score (nSPS) is 18.2. The molecule has 1 unspecified atom stereocenters. The highest BCUT2D eigenvalue weighted by molar-refractivity contribution is 5.54. The van der Waals surface area contributed by atoms with Gasteiger partial charge in [-0.25, -0.2) is 9.97 Å². The molecule has 0 aromatic carbocycles. The van der Waals surface area contributed by atoms with Crippen LogP contribution in [0.2, 0.25) is 0 Å². The highest BCUT2D eigenvalue weighted by Crippen LogP contribution is 2.28. The van der Waals surface area contributed by atoms with Crippen molar-refractivity contribution in [3.63, 3.8) is 0 Å². The first kappa shape index (κ1) is 9.89. The van der Waals surface area contributed by atoms with E-state index >= 15 is 0 Å². The van der Waals surface area contributed by atoms with Crippen LogP contribution in [-0.2, 0) is 4.74 Å². The zero-order chi connectivity index (χ0) is 11.7. The van der Waals surface area contributed by atoms with Gasteiger partial charge in [-0.2, -0.15) is 0 Å². The first-order chi connectivity index (χ1) is 8.33. The van der Waals surface area contributed by atoms with Gasteiger partial charge in [0, 0.05) is 6.42 Å². The molecule has 1 aliphatic heterocycles. The molecular weight excluding hydrogens is 218 g/mol. The molecule has 0 aliphatic carbocycles. The van der Waals surface area contributed by atoms with Crippen molar-refractivity contribution in [2.24, 2.45) is 0 Å². The van der Waals surface area contributed by atoms with Gasteiger partial charge in [-0.15, -0.1) is 0 Å². The Kier molecular flexibility index (Phi) is 2.29. The van der Waals surface area contributed by atoms with Gasteiger partial charge in [-0.1, -0.05) is 0 Å².